The smallest absolute Gasteiger partial charge is 0.224 e. The van der Waals surface area contributed by atoms with Crippen molar-refractivity contribution in [1.29, 1.82) is 0 Å². The topological polar surface area (TPSA) is 70.6 Å². The van der Waals surface area contributed by atoms with Gasteiger partial charge in [-0.3, -0.25) is 4.79 Å². The lowest BCUT2D eigenvalue weighted by Gasteiger charge is -2.22. The number of amides is 1. The highest BCUT2D eigenvalue weighted by molar-refractivity contribution is 5.92. The van der Waals surface area contributed by atoms with Crippen LogP contribution in [0.4, 0.5) is 5.69 Å². The summed E-state index contributed by atoms with van der Waals surface area (Å²) in [5, 5.41) is 15.8. The molecular formula is C15H22N2O3. The molecule has 1 aromatic carbocycles. The Morgan fingerprint density at radius 3 is 2.85 bits per heavy atom. The minimum Gasteiger partial charge on any atom is -0.506 e. The standard InChI is InChI=1S/C15H22N2O3/c1-20-12-3-4-13(14(18)10-12)17-15(19)5-2-11-6-8-16-9-7-11/h3-4,10-11,16,18H,2,5-9H2,1H3,(H,17,19). The Morgan fingerprint density at radius 1 is 1.45 bits per heavy atom. The number of carbonyl (C=O) groups is 1. The average molecular weight is 278 g/mol. The van der Waals surface area contributed by atoms with E-state index in [1.54, 1.807) is 12.1 Å². The maximum absolute atomic E-state index is 11.9. The first-order chi connectivity index (χ1) is 9.69. The van der Waals surface area contributed by atoms with E-state index in [0.717, 1.165) is 32.4 Å². The van der Waals surface area contributed by atoms with Gasteiger partial charge in [0.1, 0.15) is 11.5 Å². The summed E-state index contributed by atoms with van der Waals surface area (Å²) in [4.78, 5) is 11.9. The number of hydrogen-bond acceptors (Lipinski definition) is 4. The van der Waals surface area contributed by atoms with Crippen LogP contribution < -0.4 is 15.4 Å². The van der Waals surface area contributed by atoms with Crippen LogP contribution in [-0.4, -0.2) is 31.2 Å². The second kappa shape index (κ2) is 7.14. The number of piperidine rings is 1. The summed E-state index contributed by atoms with van der Waals surface area (Å²) in [6.07, 6.45) is 3.68. The molecule has 1 aliphatic rings. The number of carbonyl (C=O) groups excluding carboxylic acids is 1. The van der Waals surface area contributed by atoms with Gasteiger partial charge in [-0.2, -0.15) is 0 Å². The number of rotatable bonds is 5. The summed E-state index contributed by atoms with van der Waals surface area (Å²) >= 11 is 0. The van der Waals surface area contributed by atoms with E-state index in [4.69, 9.17) is 4.74 Å². The molecule has 2 rings (SSSR count). The van der Waals surface area contributed by atoms with E-state index in [-0.39, 0.29) is 11.7 Å². The highest BCUT2D eigenvalue weighted by Crippen LogP contribution is 2.28. The van der Waals surface area contributed by atoms with Gasteiger partial charge >= 0.3 is 0 Å². The third-order valence-electron chi connectivity index (χ3n) is 3.72. The molecule has 1 saturated heterocycles. The SMILES string of the molecule is COc1ccc(NC(=O)CCC2CCNCC2)c(O)c1. The van der Waals surface area contributed by atoms with E-state index >= 15 is 0 Å². The highest BCUT2D eigenvalue weighted by Gasteiger charge is 2.15. The van der Waals surface area contributed by atoms with E-state index in [2.05, 4.69) is 10.6 Å². The van der Waals surface area contributed by atoms with Crippen LogP contribution in [0.2, 0.25) is 0 Å². The van der Waals surface area contributed by atoms with E-state index in [1.165, 1.54) is 13.2 Å². The largest absolute Gasteiger partial charge is 0.506 e. The van der Waals surface area contributed by atoms with Crippen molar-refractivity contribution in [1.82, 2.24) is 5.32 Å². The van der Waals surface area contributed by atoms with Crippen LogP contribution in [0.3, 0.4) is 0 Å². The number of anilines is 1. The lowest BCUT2D eigenvalue weighted by atomic mass is 9.93. The summed E-state index contributed by atoms with van der Waals surface area (Å²) in [6.45, 7) is 2.09. The van der Waals surface area contributed by atoms with Crippen molar-refractivity contribution in [2.45, 2.75) is 25.7 Å². The van der Waals surface area contributed by atoms with E-state index in [1.807, 2.05) is 0 Å². The van der Waals surface area contributed by atoms with Crippen LogP contribution >= 0.6 is 0 Å². The van der Waals surface area contributed by atoms with Crippen LogP contribution in [0.15, 0.2) is 18.2 Å². The number of benzene rings is 1. The van der Waals surface area contributed by atoms with Crippen molar-refractivity contribution in [3.63, 3.8) is 0 Å². The zero-order valence-electron chi connectivity index (χ0n) is 11.8. The number of methoxy groups -OCH3 is 1. The summed E-state index contributed by atoms with van der Waals surface area (Å²) in [6, 6.07) is 4.85. The molecular weight excluding hydrogens is 256 g/mol. The molecule has 5 nitrogen and oxygen atoms in total. The Kier molecular flexibility index (Phi) is 5.24. The molecule has 1 aromatic rings. The first-order valence-electron chi connectivity index (χ1n) is 7.06. The lowest BCUT2D eigenvalue weighted by molar-refractivity contribution is -0.116. The van der Waals surface area contributed by atoms with Gasteiger partial charge in [0, 0.05) is 12.5 Å². The maximum Gasteiger partial charge on any atom is 0.224 e. The third-order valence-corrected chi connectivity index (χ3v) is 3.72. The molecule has 0 aromatic heterocycles. The Labute approximate surface area is 119 Å². The van der Waals surface area contributed by atoms with Gasteiger partial charge in [-0.25, -0.2) is 0 Å². The van der Waals surface area contributed by atoms with Crippen molar-refractivity contribution < 1.29 is 14.6 Å². The van der Waals surface area contributed by atoms with Gasteiger partial charge in [-0.05, 0) is 50.4 Å². The highest BCUT2D eigenvalue weighted by atomic mass is 16.5. The quantitative estimate of drug-likeness (QED) is 0.722. The lowest BCUT2D eigenvalue weighted by Crippen LogP contribution is -2.28. The molecule has 0 spiro atoms. The van der Waals surface area contributed by atoms with Crippen molar-refractivity contribution in [2.75, 3.05) is 25.5 Å². The van der Waals surface area contributed by atoms with Gasteiger partial charge in [0.25, 0.3) is 0 Å². The summed E-state index contributed by atoms with van der Waals surface area (Å²) in [5.41, 5.74) is 0.432. The van der Waals surface area contributed by atoms with Crippen LogP contribution in [0.5, 0.6) is 11.5 Å². The molecule has 20 heavy (non-hydrogen) atoms. The molecule has 0 unspecified atom stereocenters. The first-order valence-corrected chi connectivity index (χ1v) is 7.06. The van der Waals surface area contributed by atoms with Gasteiger partial charge in [0.2, 0.25) is 5.91 Å². The van der Waals surface area contributed by atoms with Crippen molar-refractivity contribution in [3.8, 4) is 11.5 Å². The molecule has 0 aliphatic carbocycles. The molecule has 1 fully saturated rings. The second-order valence-electron chi connectivity index (χ2n) is 5.16. The molecule has 3 N–H and O–H groups in total. The molecule has 0 saturated carbocycles. The molecule has 0 bridgehead atoms. The van der Waals surface area contributed by atoms with Crippen molar-refractivity contribution >= 4 is 11.6 Å². The Balaban J connectivity index is 1.81. The summed E-state index contributed by atoms with van der Waals surface area (Å²) < 4.78 is 5.00. The van der Waals surface area contributed by atoms with Gasteiger partial charge in [0.15, 0.2) is 0 Å². The molecule has 0 radical (unpaired) electrons. The minimum absolute atomic E-state index is 0.0274. The van der Waals surface area contributed by atoms with E-state index in [9.17, 15) is 9.90 Å². The van der Waals surface area contributed by atoms with Crippen LogP contribution in [0.25, 0.3) is 0 Å². The number of nitrogens with one attached hydrogen (secondary N) is 2. The number of phenols is 1. The molecule has 1 heterocycles. The molecule has 1 aliphatic heterocycles. The Hall–Kier alpha value is -1.75. The number of phenolic OH excluding ortho intramolecular Hbond substituents is 1. The first kappa shape index (κ1) is 14.7. The third kappa shape index (κ3) is 4.13. The number of ether oxygens (including phenoxy) is 1. The van der Waals surface area contributed by atoms with Crippen molar-refractivity contribution in [2.24, 2.45) is 5.92 Å². The van der Waals surface area contributed by atoms with Crippen LogP contribution in [0, 0.1) is 5.92 Å². The Bertz CT molecular complexity index is 456. The fourth-order valence-electron chi connectivity index (χ4n) is 2.46. The predicted molar refractivity (Wildman–Crippen MR) is 78.1 cm³/mol. The molecule has 110 valence electrons. The molecule has 0 atom stereocenters. The zero-order chi connectivity index (χ0) is 14.4. The van der Waals surface area contributed by atoms with Crippen LogP contribution in [0.1, 0.15) is 25.7 Å². The normalized spacial score (nSPS) is 15.8. The van der Waals surface area contributed by atoms with Crippen LogP contribution in [-0.2, 0) is 4.79 Å². The average Bonchev–Trinajstić information content (AvgIpc) is 2.48. The van der Waals surface area contributed by atoms with Gasteiger partial charge < -0.3 is 20.5 Å². The van der Waals surface area contributed by atoms with Gasteiger partial charge in [-0.1, -0.05) is 0 Å². The fourth-order valence-corrected chi connectivity index (χ4v) is 2.46. The fraction of sp³-hybridized carbons (Fsp3) is 0.533. The minimum atomic E-state index is -0.0519. The van der Waals surface area contributed by atoms with Gasteiger partial charge in [-0.15, -0.1) is 0 Å². The molecule has 5 heteroatoms. The van der Waals surface area contributed by atoms with E-state index in [0.29, 0.717) is 23.8 Å². The maximum atomic E-state index is 11.9. The monoisotopic (exact) mass is 278 g/mol. The summed E-state index contributed by atoms with van der Waals surface area (Å²) in [5.74, 6) is 1.17. The second-order valence-corrected chi connectivity index (χ2v) is 5.16. The number of aromatic hydroxyl groups is 1. The predicted octanol–water partition coefficient (Wildman–Crippen LogP) is 2.12. The number of hydrogen-bond donors (Lipinski definition) is 3. The van der Waals surface area contributed by atoms with Crippen molar-refractivity contribution in [3.05, 3.63) is 18.2 Å². The molecule has 1 amide bonds. The summed E-state index contributed by atoms with van der Waals surface area (Å²) in [7, 11) is 1.53. The Morgan fingerprint density at radius 2 is 2.20 bits per heavy atom. The zero-order valence-corrected chi connectivity index (χ0v) is 11.8. The van der Waals surface area contributed by atoms with Gasteiger partial charge in [0.05, 0.1) is 12.8 Å². The van der Waals surface area contributed by atoms with E-state index < -0.39 is 0 Å².